The highest BCUT2D eigenvalue weighted by Gasteiger charge is 2.11. The number of imidazole rings is 1. The first kappa shape index (κ1) is 10.4. The van der Waals surface area contributed by atoms with Crippen molar-refractivity contribution in [2.24, 2.45) is 5.73 Å². The normalized spacial score (nSPS) is 13.3. The SMILES string of the molecule is NC(CO)c1cc2[nH]c(=O)[nH]c2cc1Br. The zero-order valence-corrected chi connectivity index (χ0v) is 9.34. The van der Waals surface area contributed by atoms with Gasteiger partial charge in [-0.15, -0.1) is 0 Å². The zero-order valence-electron chi connectivity index (χ0n) is 7.75. The van der Waals surface area contributed by atoms with Crippen molar-refractivity contribution in [2.45, 2.75) is 6.04 Å². The maximum Gasteiger partial charge on any atom is 0.323 e. The summed E-state index contributed by atoms with van der Waals surface area (Å²) < 4.78 is 0.770. The van der Waals surface area contributed by atoms with E-state index in [-0.39, 0.29) is 12.3 Å². The first-order valence-electron chi connectivity index (χ1n) is 4.39. The molecule has 0 fully saturated rings. The molecule has 5 nitrogen and oxygen atoms in total. The van der Waals surface area contributed by atoms with Crippen molar-refractivity contribution >= 4 is 27.0 Å². The molecule has 1 aromatic carbocycles. The van der Waals surface area contributed by atoms with Crippen molar-refractivity contribution in [3.05, 3.63) is 32.7 Å². The lowest BCUT2D eigenvalue weighted by Crippen LogP contribution is -2.14. The van der Waals surface area contributed by atoms with Crippen molar-refractivity contribution in [3.8, 4) is 0 Å². The number of benzene rings is 1. The van der Waals surface area contributed by atoms with Crippen LogP contribution in [-0.4, -0.2) is 21.7 Å². The van der Waals surface area contributed by atoms with Gasteiger partial charge in [-0.1, -0.05) is 15.9 Å². The molecule has 1 unspecified atom stereocenters. The van der Waals surface area contributed by atoms with Gasteiger partial charge in [-0.2, -0.15) is 0 Å². The summed E-state index contributed by atoms with van der Waals surface area (Å²) in [5.41, 5.74) is 7.61. The molecular formula is C9H10BrN3O2. The molecule has 2 aromatic rings. The van der Waals surface area contributed by atoms with Crippen LogP contribution >= 0.6 is 15.9 Å². The summed E-state index contributed by atoms with van der Waals surface area (Å²) >= 11 is 3.34. The second-order valence-electron chi connectivity index (χ2n) is 3.29. The quantitative estimate of drug-likeness (QED) is 0.645. The van der Waals surface area contributed by atoms with Crippen LogP contribution in [0, 0.1) is 0 Å². The fourth-order valence-corrected chi connectivity index (χ4v) is 2.09. The lowest BCUT2D eigenvalue weighted by Gasteiger charge is -2.10. The molecule has 0 radical (unpaired) electrons. The number of aromatic amines is 2. The maximum absolute atomic E-state index is 11.0. The summed E-state index contributed by atoms with van der Waals surface area (Å²) in [5, 5.41) is 8.96. The number of aliphatic hydroxyl groups is 1. The number of halogens is 1. The van der Waals surface area contributed by atoms with Gasteiger partial charge in [0.2, 0.25) is 0 Å². The molecule has 6 heteroatoms. The number of hydrogen-bond acceptors (Lipinski definition) is 3. The molecule has 1 atom stereocenters. The van der Waals surface area contributed by atoms with E-state index in [1.54, 1.807) is 12.1 Å². The highest BCUT2D eigenvalue weighted by Crippen LogP contribution is 2.25. The molecular weight excluding hydrogens is 262 g/mol. The van der Waals surface area contributed by atoms with Crippen LogP contribution in [0.15, 0.2) is 21.4 Å². The number of hydrogen-bond donors (Lipinski definition) is 4. The number of rotatable bonds is 2. The fourth-order valence-electron chi connectivity index (χ4n) is 1.46. The minimum Gasteiger partial charge on any atom is -0.394 e. The Hall–Kier alpha value is -1.11. The second kappa shape index (κ2) is 3.80. The summed E-state index contributed by atoms with van der Waals surface area (Å²) in [6.45, 7) is -0.140. The van der Waals surface area contributed by atoms with E-state index in [9.17, 15) is 4.79 Å². The third kappa shape index (κ3) is 1.83. The van der Waals surface area contributed by atoms with Gasteiger partial charge in [-0.25, -0.2) is 4.79 Å². The first-order valence-corrected chi connectivity index (χ1v) is 5.19. The van der Waals surface area contributed by atoms with Crippen LogP contribution in [0.2, 0.25) is 0 Å². The average Bonchev–Trinajstić information content (AvgIpc) is 2.55. The molecule has 0 amide bonds. The topological polar surface area (TPSA) is 94.9 Å². The molecule has 0 spiro atoms. The van der Waals surface area contributed by atoms with Crippen LogP contribution < -0.4 is 11.4 Å². The summed E-state index contributed by atoms with van der Waals surface area (Å²) in [6.07, 6.45) is 0. The summed E-state index contributed by atoms with van der Waals surface area (Å²) in [4.78, 5) is 16.3. The van der Waals surface area contributed by atoms with Gasteiger partial charge in [-0.3, -0.25) is 0 Å². The number of aromatic nitrogens is 2. The molecule has 0 saturated carbocycles. The van der Waals surface area contributed by atoms with Gasteiger partial charge in [0.05, 0.1) is 23.7 Å². The van der Waals surface area contributed by atoms with Gasteiger partial charge in [0.15, 0.2) is 0 Å². The largest absolute Gasteiger partial charge is 0.394 e. The van der Waals surface area contributed by atoms with Gasteiger partial charge < -0.3 is 20.8 Å². The van der Waals surface area contributed by atoms with Crippen molar-refractivity contribution in [1.29, 1.82) is 0 Å². The Labute approximate surface area is 93.4 Å². The van der Waals surface area contributed by atoms with Crippen molar-refractivity contribution in [3.63, 3.8) is 0 Å². The van der Waals surface area contributed by atoms with Crippen LogP contribution in [0.5, 0.6) is 0 Å². The summed E-state index contributed by atoms with van der Waals surface area (Å²) in [5.74, 6) is 0. The molecule has 0 saturated heterocycles. The monoisotopic (exact) mass is 271 g/mol. The minimum absolute atomic E-state index is 0.140. The Morgan fingerprint density at radius 3 is 2.60 bits per heavy atom. The van der Waals surface area contributed by atoms with Crippen molar-refractivity contribution in [2.75, 3.05) is 6.61 Å². The van der Waals surface area contributed by atoms with Gasteiger partial charge in [-0.05, 0) is 17.7 Å². The molecule has 1 aromatic heterocycles. The molecule has 0 aliphatic carbocycles. The smallest absolute Gasteiger partial charge is 0.323 e. The maximum atomic E-state index is 11.0. The fraction of sp³-hybridized carbons (Fsp3) is 0.222. The van der Waals surface area contributed by atoms with E-state index in [2.05, 4.69) is 25.9 Å². The Balaban J connectivity index is 2.66. The lowest BCUT2D eigenvalue weighted by molar-refractivity contribution is 0.267. The van der Waals surface area contributed by atoms with Crippen LogP contribution in [-0.2, 0) is 0 Å². The lowest BCUT2D eigenvalue weighted by atomic mass is 10.1. The Morgan fingerprint density at radius 2 is 2.00 bits per heavy atom. The van der Waals surface area contributed by atoms with E-state index in [1.165, 1.54) is 0 Å². The predicted molar refractivity (Wildman–Crippen MR) is 60.6 cm³/mol. The number of nitrogens with two attached hydrogens (primary N) is 1. The van der Waals surface area contributed by atoms with Gasteiger partial charge in [0, 0.05) is 4.47 Å². The Kier molecular flexibility index (Phi) is 2.64. The van der Waals surface area contributed by atoms with Gasteiger partial charge >= 0.3 is 5.69 Å². The number of fused-ring (bicyclic) bond motifs is 1. The van der Waals surface area contributed by atoms with Crippen molar-refractivity contribution < 1.29 is 5.11 Å². The highest BCUT2D eigenvalue weighted by molar-refractivity contribution is 9.10. The third-order valence-corrected chi connectivity index (χ3v) is 2.92. The van der Waals surface area contributed by atoms with Gasteiger partial charge in [0.1, 0.15) is 0 Å². The summed E-state index contributed by atoms with van der Waals surface area (Å²) in [6, 6.07) is 3.05. The predicted octanol–water partition coefficient (Wildman–Crippen LogP) is 0.611. The Bertz CT molecular complexity index is 546. The van der Waals surface area contributed by atoms with E-state index in [4.69, 9.17) is 10.8 Å². The van der Waals surface area contributed by atoms with E-state index in [1.807, 2.05) is 0 Å². The average molecular weight is 272 g/mol. The summed E-state index contributed by atoms with van der Waals surface area (Å²) in [7, 11) is 0. The van der Waals surface area contributed by atoms with Crippen LogP contribution in [0.4, 0.5) is 0 Å². The van der Waals surface area contributed by atoms with Crippen LogP contribution in [0.1, 0.15) is 11.6 Å². The van der Waals surface area contributed by atoms with E-state index in [0.29, 0.717) is 11.0 Å². The molecule has 80 valence electrons. The Morgan fingerprint density at radius 1 is 1.40 bits per heavy atom. The number of H-pyrrole nitrogens is 2. The molecule has 2 rings (SSSR count). The number of nitrogens with one attached hydrogen (secondary N) is 2. The highest BCUT2D eigenvalue weighted by atomic mass is 79.9. The second-order valence-corrected chi connectivity index (χ2v) is 4.14. The third-order valence-electron chi connectivity index (χ3n) is 2.23. The van der Waals surface area contributed by atoms with Crippen LogP contribution in [0.25, 0.3) is 11.0 Å². The minimum atomic E-state index is -0.456. The van der Waals surface area contributed by atoms with E-state index < -0.39 is 6.04 Å². The molecule has 15 heavy (non-hydrogen) atoms. The zero-order chi connectivity index (χ0) is 11.0. The van der Waals surface area contributed by atoms with Crippen LogP contribution in [0.3, 0.4) is 0 Å². The molecule has 0 aliphatic heterocycles. The molecule has 0 bridgehead atoms. The van der Waals surface area contributed by atoms with Crippen molar-refractivity contribution in [1.82, 2.24) is 9.97 Å². The first-order chi connectivity index (χ1) is 7.11. The molecule has 5 N–H and O–H groups in total. The van der Waals surface area contributed by atoms with E-state index in [0.717, 1.165) is 10.0 Å². The van der Waals surface area contributed by atoms with Gasteiger partial charge in [0.25, 0.3) is 0 Å². The molecule has 0 aliphatic rings. The standard InChI is InChI=1S/C9H10BrN3O2/c10-5-2-8-7(12-9(15)13-8)1-4(5)6(11)3-14/h1-2,6,14H,3,11H2,(H2,12,13,15). The molecule has 1 heterocycles. The number of aliphatic hydroxyl groups excluding tert-OH is 1. The van der Waals surface area contributed by atoms with E-state index >= 15 is 0 Å².